The van der Waals surface area contributed by atoms with E-state index in [1.54, 1.807) is 0 Å². The number of hydrogen-bond acceptors (Lipinski definition) is 5. The van der Waals surface area contributed by atoms with Crippen molar-refractivity contribution in [2.24, 2.45) is 0 Å². The fourth-order valence-electron chi connectivity index (χ4n) is 2.18. The van der Waals surface area contributed by atoms with Crippen molar-refractivity contribution in [2.75, 3.05) is 26.7 Å². The van der Waals surface area contributed by atoms with Crippen molar-refractivity contribution in [1.29, 1.82) is 0 Å². The number of nitro groups is 1. The quantitative estimate of drug-likeness (QED) is 0.475. The van der Waals surface area contributed by atoms with Gasteiger partial charge in [-0.15, -0.1) is 0 Å². The summed E-state index contributed by atoms with van der Waals surface area (Å²) in [5.74, 6) is -0.159. The summed E-state index contributed by atoms with van der Waals surface area (Å²) >= 11 is 0. The fourth-order valence-corrected chi connectivity index (χ4v) is 2.18. The summed E-state index contributed by atoms with van der Waals surface area (Å²) in [4.78, 5) is 26.5. The molecule has 19 heavy (non-hydrogen) atoms. The highest BCUT2D eigenvalue weighted by atomic mass is 16.6. The van der Waals surface area contributed by atoms with E-state index in [2.05, 4.69) is 4.98 Å². The highest BCUT2D eigenvalue weighted by Crippen LogP contribution is 2.14. The maximum Gasteiger partial charge on any atom is 0.287 e. The molecule has 1 aromatic heterocycles. The van der Waals surface area contributed by atoms with Gasteiger partial charge in [-0.1, -0.05) is 0 Å². The molecule has 1 aliphatic heterocycles. The molecule has 0 amide bonds. The molecule has 1 aliphatic rings. The molecule has 104 valence electrons. The molecule has 0 aliphatic carbocycles. The SMILES string of the molecule is CN(CC(=O)c1cc([N+](=O)[O-])c[nH]1)CC1CCCO1. The van der Waals surface area contributed by atoms with E-state index in [0.717, 1.165) is 19.4 Å². The molecule has 1 atom stereocenters. The average Bonchev–Trinajstić information content (AvgIpc) is 2.98. The molecule has 2 heterocycles. The van der Waals surface area contributed by atoms with Gasteiger partial charge >= 0.3 is 0 Å². The number of aromatic amines is 1. The first-order chi connectivity index (χ1) is 9.06. The van der Waals surface area contributed by atoms with Crippen LogP contribution in [0.1, 0.15) is 23.3 Å². The number of carbonyl (C=O) groups is 1. The Kier molecular flexibility index (Phi) is 4.28. The summed E-state index contributed by atoms with van der Waals surface area (Å²) < 4.78 is 5.50. The number of Topliss-reactive ketones (excluding diaryl/α,β-unsaturated/α-hetero) is 1. The first-order valence-corrected chi connectivity index (χ1v) is 6.22. The van der Waals surface area contributed by atoms with Gasteiger partial charge in [0, 0.05) is 19.2 Å². The van der Waals surface area contributed by atoms with Crippen LogP contribution in [0, 0.1) is 10.1 Å². The Morgan fingerprint density at radius 2 is 2.47 bits per heavy atom. The van der Waals surface area contributed by atoms with E-state index >= 15 is 0 Å². The van der Waals surface area contributed by atoms with E-state index in [4.69, 9.17) is 4.74 Å². The third-order valence-corrected chi connectivity index (χ3v) is 3.13. The van der Waals surface area contributed by atoms with Crippen molar-refractivity contribution in [3.8, 4) is 0 Å². The molecule has 7 nitrogen and oxygen atoms in total. The first-order valence-electron chi connectivity index (χ1n) is 6.22. The first kappa shape index (κ1) is 13.7. The van der Waals surface area contributed by atoms with Gasteiger partial charge in [0.1, 0.15) is 0 Å². The smallest absolute Gasteiger partial charge is 0.287 e. The highest BCUT2D eigenvalue weighted by Gasteiger charge is 2.20. The number of ether oxygens (including phenoxy) is 1. The van der Waals surface area contributed by atoms with Crippen molar-refractivity contribution in [3.63, 3.8) is 0 Å². The molecule has 1 aromatic rings. The van der Waals surface area contributed by atoms with E-state index in [1.807, 2.05) is 11.9 Å². The third-order valence-electron chi connectivity index (χ3n) is 3.13. The maximum absolute atomic E-state index is 11.9. The topological polar surface area (TPSA) is 88.5 Å². The van der Waals surface area contributed by atoms with Crippen molar-refractivity contribution in [3.05, 3.63) is 28.1 Å². The summed E-state index contributed by atoms with van der Waals surface area (Å²) in [5, 5.41) is 10.5. The largest absolute Gasteiger partial charge is 0.377 e. The van der Waals surface area contributed by atoms with Crippen LogP contribution in [0.5, 0.6) is 0 Å². The molecule has 0 radical (unpaired) electrons. The Morgan fingerprint density at radius 3 is 3.05 bits per heavy atom. The number of nitrogens with one attached hydrogen (secondary N) is 1. The summed E-state index contributed by atoms with van der Waals surface area (Å²) in [6, 6.07) is 1.27. The summed E-state index contributed by atoms with van der Waals surface area (Å²) in [6.45, 7) is 1.71. The molecular weight excluding hydrogens is 250 g/mol. The molecule has 1 fully saturated rings. The van der Waals surface area contributed by atoms with Gasteiger partial charge in [0.15, 0.2) is 5.78 Å². The Bertz CT molecular complexity index is 465. The molecule has 1 N–H and O–H groups in total. The second-order valence-corrected chi connectivity index (χ2v) is 4.78. The van der Waals surface area contributed by atoms with Gasteiger partial charge in [-0.2, -0.15) is 0 Å². The Hall–Kier alpha value is -1.73. The average molecular weight is 267 g/mol. The fraction of sp³-hybridized carbons (Fsp3) is 0.583. The summed E-state index contributed by atoms with van der Waals surface area (Å²) in [5.41, 5.74) is 0.177. The van der Waals surface area contributed by atoms with E-state index in [9.17, 15) is 14.9 Å². The second-order valence-electron chi connectivity index (χ2n) is 4.78. The number of likely N-dealkylation sites (N-methyl/N-ethyl adjacent to an activating group) is 1. The van der Waals surface area contributed by atoms with Crippen LogP contribution >= 0.6 is 0 Å². The molecule has 0 saturated carbocycles. The normalized spacial score (nSPS) is 18.9. The van der Waals surface area contributed by atoms with Gasteiger partial charge in [-0.05, 0) is 19.9 Å². The standard InChI is InChI=1S/C12H17N3O4/c1-14(7-10-3-2-4-19-10)8-12(16)11-5-9(6-13-11)15(17)18/h5-6,10,13H,2-4,7-8H2,1H3. The zero-order valence-corrected chi connectivity index (χ0v) is 10.8. The monoisotopic (exact) mass is 267 g/mol. The minimum absolute atomic E-state index is 0.0925. The van der Waals surface area contributed by atoms with Crippen LogP contribution in [0.3, 0.4) is 0 Å². The minimum atomic E-state index is -0.524. The zero-order chi connectivity index (χ0) is 13.8. The lowest BCUT2D eigenvalue weighted by Crippen LogP contribution is -2.33. The van der Waals surface area contributed by atoms with Crippen LogP contribution in [-0.2, 0) is 4.74 Å². The molecule has 0 spiro atoms. The van der Waals surface area contributed by atoms with Crippen molar-refractivity contribution >= 4 is 11.5 Å². The predicted octanol–water partition coefficient (Wildman–Crippen LogP) is 1.22. The molecule has 2 rings (SSSR count). The number of H-pyrrole nitrogens is 1. The predicted molar refractivity (Wildman–Crippen MR) is 68.2 cm³/mol. The summed E-state index contributed by atoms with van der Waals surface area (Å²) in [7, 11) is 1.84. The minimum Gasteiger partial charge on any atom is -0.377 e. The van der Waals surface area contributed by atoms with Gasteiger partial charge in [0.2, 0.25) is 0 Å². The number of nitrogens with zero attached hydrogens (tertiary/aromatic N) is 2. The van der Waals surface area contributed by atoms with Gasteiger partial charge in [0.05, 0.1) is 29.5 Å². The van der Waals surface area contributed by atoms with Crippen LogP contribution in [0.15, 0.2) is 12.3 Å². The van der Waals surface area contributed by atoms with Crippen LogP contribution in [0.4, 0.5) is 5.69 Å². The van der Waals surface area contributed by atoms with Crippen molar-refractivity contribution in [2.45, 2.75) is 18.9 Å². The van der Waals surface area contributed by atoms with Gasteiger partial charge in [-0.3, -0.25) is 19.8 Å². The lowest BCUT2D eigenvalue weighted by atomic mass is 10.2. The maximum atomic E-state index is 11.9. The highest BCUT2D eigenvalue weighted by molar-refractivity contribution is 5.96. The number of hydrogen-bond donors (Lipinski definition) is 1. The second kappa shape index (κ2) is 5.94. The molecular formula is C12H17N3O4. The van der Waals surface area contributed by atoms with Gasteiger partial charge in [-0.25, -0.2) is 0 Å². The molecule has 1 saturated heterocycles. The van der Waals surface area contributed by atoms with Crippen LogP contribution in [0.2, 0.25) is 0 Å². The van der Waals surface area contributed by atoms with Crippen LogP contribution in [-0.4, -0.2) is 53.4 Å². The Balaban J connectivity index is 1.86. The Labute approximate surface area is 110 Å². The lowest BCUT2D eigenvalue weighted by Gasteiger charge is -2.19. The third kappa shape index (κ3) is 3.62. The van der Waals surface area contributed by atoms with E-state index in [0.29, 0.717) is 6.54 Å². The molecule has 7 heteroatoms. The Morgan fingerprint density at radius 1 is 1.68 bits per heavy atom. The molecule has 0 bridgehead atoms. The van der Waals surface area contributed by atoms with Crippen LogP contribution < -0.4 is 0 Å². The van der Waals surface area contributed by atoms with E-state index in [1.165, 1.54) is 12.3 Å². The van der Waals surface area contributed by atoms with E-state index < -0.39 is 4.92 Å². The number of rotatable bonds is 6. The van der Waals surface area contributed by atoms with Gasteiger partial charge in [0.25, 0.3) is 5.69 Å². The number of ketones is 1. The summed E-state index contributed by atoms with van der Waals surface area (Å²) in [6.07, 6.45) is 3.51. The van der Waals surface area contributed by atoms with Crippen LogP contribution in [0.25, 0.3) is 0 Å². The number of carbonyl (C=O) groups excluding carboxylic acids is 1. The lowest BCUT2D eigenvalue weighted by molar-refractivity contribution is -0.384. The van der Waals surface area contributed by atoms with E-state index in [-0.39, 0.29) is 29.8 Å². The number of aromatic nitrogens is 1. The van der Waals surface area contributed by atoms with Crippen molar-refractivity contribution in [1.82, 2.24) is 9.88 Å². The zero-order valence-electron chi connectivity index (χ0n) is 10.8. The van der Waals surface area contributed by atoms with Crippen molar-refractivity contribution < 1.29 is 14.5 Å². The molecule has 1 unspecified atom stereocenters. The van der Waals surface area contributed by atoms with Gasteiger partial charge < -0.3 is 9.72 Å². The molecule has 0 aromatic carbocycles.